The number of aryl methyl sites for hydroxylation is 1. The Labute approximate surface area is 121 Å². The van der Waals surface area contributed by atoms with Crippen LogP contribution in [0.1, 0.15) is 15.9 Å². The van der Waals surface area contributed by atoms with Gasteiger partial charge in [0.05, 0.1) is 17.6 Å². The van der Waals surface area contributed by atoms with Gasteiger partial charge < -0.3 is 9.47 Å². The number of benzene rings is 2. The fourth-order valence-corrected chi connectivity index (χ4v) is 1.76. The molecule has 0 unspecified atom stereocenters. The van der Waals surface area contributed by atoms with E-state index >= 15 is 0 Å². The summed E-state index contributed by atoms with van der Waals surface area (Å²) in [6, 6.07) is 10.8. The van der Waals surface area contributed by atoms with E-state index in [2.05, 4.69) is 4.74 Å². The van der Waals surface area contributed by atoms with Crippen LogP contribution in [-0.4, -0.2) is 18.0 Å². The summed E-state index contributed by atoms with van der Waals surface area (Å²) in [5, 5.41) is 11.0. The highest BCUT2D eigenvalue weighted by Gasteiger charge is 2.16. The Balaban J connectivity index is 2.28. The average Bonchev–Trinajstić information content (AvgIpc) is 2.47. The number of rotatable bonds is 4. The Hall–Kier alpha value is -2.89. The van der Waals surface area contributed by atoms with E-state index in [0.717, 1.165) is 5.56 Å². The number of hydrogen-bond donors (Lipinski definition) is 0. The summed E-state index contributed by atoms with van der Waals surface area (Å²) in [6.45, 7) is 1.82. The number of carbonyl (C=O) groups excluding carboxylic acids is 1. The van der Waals surface area contributed by atoms with E-state index in [0.29, 0.717) is 11.3 Å². The molecule has 0 radical (unpaired) electrons. The summed E-state index contributed by atoms with van der Waals surface area (Å²) >= 11 is 0. The zero-order chi connectivity index (χ0) is 15.4. The highest BCUT2D eigenvalue weighted by Crippen LogP contribution is 2.32. The fraction of sp³-hybridized carbons (Fsp3) is 0.133. The van der Waals surface area contributed by atoms with Crippen molar-refractivity contribution in [2.45, 2.75) is 6.92 Å². The molecular formula is C15H13NO5. The molecular weight excluding hydrogens is 274 g/mol. The summed E-state index contributed by atoms with van der Waals surface area (Å²) in [5.74, 6) is 0.102. The quantitative estimate of drug-likeness (QED) is 0.488. The third-order valence-electron chi connectivity index (χ3n) is 2.82. The number of nitro benzene ring substituents is 1. The summed E-state index contributed by atoms with van der Waals surface area (Å²) < 4.78 is 10.1. The SMILES string of the molecule is COC(=O)c1ccc(Oc2cc(C)ccc2[N+](=O)[O-])cc1. The summed E-state index contributed by atoms with van der Waals surface area (Å²) in [6.07, 6.45) is 0. The van der Waals surface area contributed by atoms with E-state index in [1.54, 1.807) is 24.3 Å². The summed E-state index contributed by atoms with van der Waals surface area (Å²) in [4.78, 5) is 21.8. The van der Waals surface area contributed by atoms with Crippen molar-refractivity contribution in [2.75, 3.05) is 7.11 Å². The third-order valence-corrected chi connectivity index (χ3v) is 2.82. The number of carbonyl (C=O) groups is 1. The summed E-state index contributed by atoms with van der Waals surface area (Å²) in [5.41, 5.74) is 1.11. The number of esters is 1. The third kappa shape index (κ3) is 3.36. The van der Waals surface area contributed by atoms with Crippen molar-refractivity contribution < 1.29 is 19.2 Å². The highest BCUT2D eigenvalue weighted by molar-refractivity contribution is 5.89. The van der Waals surface area contributed by atoms with E-state index in [1.807, 2.05) is 6.92 Å². The van der Waals surface area contributed by atoms with Crippen molar-refractivity contribution in [1.82, 2.24) is 0 Å². The van der Waals surface area contributed by atoms with E-state index in [9.17, 15) is 14.9 Å². The van der Waals surface area contributed by atoms with Gasteiger partial charge in [0, 0.05) is 6.07 Å². The minimum absolute atomic E-state index is 0.113. The topological polar surface area (TPSA) is 78.7 Å². The van der Waals surface area contributed by atoms with Crippen LogP contribution >= 0.6 is 0 Å². The molecule has 2 aromatic carbocycles. The van der Waals surface area contributed by atoms with Gasteiger partial charge in [0.25, 0.3) is 0 Å². The van der Waals surface area contributed by atoms with Crippen LogP contribution in [0.5, 0.6) is 11.5 Å². The van der Waals surface area contributed by atoms with Gasteiger partial charge in [0.15, 0.2) is 0 Å². The molecule has 0 saturated heterocycles. The van der Waals surface area contributed by atoms with Crippen molar-refractivity contribution in [1.29, 1.82) is 0 Å². The van der Waals surface area contributed by atoms with Gasteiger partial charge in [-0.15, -0.1) is 0 Å². The predicted octanol–water partition coefficient (Wildman–Crippen LogP) is 3.48. The Morgan fingerprint density at radius 1 is 1.14 bits per heavy atom. The van der Waals surface area contributed by atoms with Gasteiger partial charge in [-0.25, -0.2) is 4.79 Å². The molecule has 6 heteroatoms. The molecule has 0 amide bonds. The standard InChI is InChI=1S/C15H13NO5/c1-10-3-8-13(16(18)19)14(9-10)21-12-6-4-11(5-7-12)15(17)20-2/h3-9H,1-2H3. The molecule has 0 aliphatic carbocycles. The normalized spacial score (nSPS) is 10.0. The van der Waals surface area contributed by atoms with Crippen LogP contribution in [-0.2, 0) is 4.74 Å². The Kier molecular flexibility index (Phi) is 4.18. The zero-order valence-electron chi connectivity index (χ0n) is 11.5. The first-order valence-electron chi connectivity index (χ1n) is 6.12. The first kappa shape index (κ1) is 14.5. The van der Waals surface area contributed by atoms with Crippen LogP contribution < -0.4 is 4.74 Å². The lowest BCUT2D eigenvalue weighted by Gasteiger charge is -2.07. The maximum atomic E-state index is 11.3. The lowest BCUT2D eigenvalue weighted by molar-refractivity contribution is -0.385. The Morgan fingerprint density at radius 3 is 2.38 bits per heavy atom. The average molecular weight is 287 g/mol. The maximum absolute atomic E-state index is 11.3. The number of methoxy groups -OCH3 is 1. The number of nitrogens with zero attached hydrogens (tertiary/aromatic N) is 1. The summed E-state index contributed by atoms with van der Waals surface area (Å²) in [7, 11) is 1.29. The molecule has 0 spiro atoms. The molecule has 0 aliphatic rings. The Bertz CT molecular complexity index is 679. The van der Waals surface area contributed by atoms with Crippen molar-refractivity contribution in [3.05, 3.63) is 63.7 Å². The molecule has 6 nitrogen and oxygen atoms in total. The predicted molar refractivity (Wildman–Crippen MR) is 75.7 cm³/mol. The molecule has 0 fully saturated rings. The van der Waals surface area contributed by atoms with Crippen LogP contribution in [0.25, 0.3) is 0 Å². The van der Waals surface area contributed by atoms with Crippen LogP contribution in [0.15, 0.2) is 42.5 Å². The minimum atomic E-state index is -0.502. The van der Waals surface area contributed by atoms with Crippen molar-refractivity contribution in [3.63, 3.8) is 0 Å². The monoisotopic (exact) mass is 287 g/mol. The number of hydrogen-bond acceptors (Lipinski definition) is 5. The molecule has 0 saturated carbocycles. The van der Waals surface area contributed by atoms with Crippen LogP contribution in [0.3, 0.4) is 0 Å². The molecule has 21 heavy (non-hydrogen) atoms. The van der Waals surface area contributed by atoms with Crippen LogP contribution in [0.2, 0.25) is 0 Å². The van der Waals surface area contributed by atoms with Gasteiger partial charge in [0.2, 0.25) is 5.75 Å². The molecule has 0 N–H and O–H groups in total. The second kappa shape index (κ2) is 6.04. The van der Waals surface area contributed by atoms with Crippen molar-refractivity contribution in [3.8, 4) is 11.5 Å². The molecule has 108 valence electrons. The smallest absolute Gasteiger partial charge is 0.337 e. The molecule has 0 aliphatic heterocycles. The van der Waals surface area contributed by atoms with Crippen LogP contribution in [0.4, 0.5) is 5.69 Å². The largest absolute Gasteiger partial charge is 0.465 e. The first-order chi connectivity index (χ1) is 10.0. The fourth-order valence-electron chi connectivity index (χ4n) is 1.76. The molecule has 0 bridgehead atoms. The molecule has 0 heterocycles. The van der Waals surface area contributed by atoms with E-state index in [-0.39, 0.29) is 11.4 Å². The van der Waals surface area contributed by atoms with Crippen molar-refractivity contribution >= 4 is 11.7 Å². The zero-order valence-corrected chi connectivity index (χ0v) is 11.5. The molecule has 2 aromatic rings. The number of ether oxygens (including phenoxy) is 2. The highest BCUT2D eigenvalue weighted by atomic mass is 16.6. The van der Waals surface area contributed by atoms with E-state index in [4.69, 9.17) is 4.74 Å². The Morgan fingerprint density at radius 2 is 1.81 bits per heavy atom. The molecule has 2 rings (SSSR count). The second-order valence-electron chi connectivity index (χ2n) is 4.35. The van der Waals surface area contributed by atoms with Crippen molar-refractivity contribution in [2.24, 2.45) is 0 Å². The van der Waals surface area contributed by atoms with E-state index in [1.165, 1.54) is 25.3 Å². The maximum Gasteiger partial charge on any atom is 0.337 e. The van der Waals surface area contributed by atoms with Gasteiger partial charge in [-0.1, -0.05) is 6.07 Å². The van der Waals surface area contributed by atoms with Crippen LogP contribution in [0, 0.1) is 17.0 Å². The minimum Gasteiger partial charge on any atom is -0.465 e. The molecule has 0 aromatic heterocycles. The lowest BCUT2D eigenvalue weighted by Crippen LogP contribution is -2.00. The molecule has 0 atom stereocenters. The lowest BCUT2D eigenvalue weighted by atomic mass is 10.2. The van der Waals surface area contributed by atoms with Gasteiger partial charge in [-0.05, 0) is 42.8 Å². The van der Waals surface area contributed by atoms with Gasteiger partial charge in [-0.2, -0.15) is 0 Å². The second-order valence-corrected chi connectivity index (χ2v) is 4.35. The van der Waals surface area contributed by atoms with Gasteiger partial charge >= 0.3 is 11.7 Å². The number of nitro groups is 1. The van der Waals surface area contributed by atoms with Gasteiger partial charge in [-0.3, -0.25) is 10.1 Å². The van der Waals surface area contributed by atoms with E-state index < -0.39 is 10.9 Å². The first-order valence-corrected chi connectivity index (χ1v) is 6.12. The van der Waals surface area contributed by atoms with Gasteiger partial charge in [0.1, 0.15) is 5.75 Å².